The van der Waals surface area contributed by atoms with Crippen molar-refractivity contribution in [1.82, 2.24) is 0 Å². The second-order valence-electron chi connectivity index (χ2n) is 3.06. The fourth-order valence-corrected chi connectivity index (χ4v) is 1.36. The molecule has 0 aliphatic heterocycles. The van der Waals surface area contributed by atoms with Crippen molar-refractivity contribution in [1.29, 1.82) is 0 Å². The molecule has 0 unspecified atom stereocenters. The van der Waals surface area contributed by atoms with Crippen molar-refractivity contribution >= 4 is 24.0 Å². The fourth-order valence-electron chi connectivity index (χ4n) is 1.01. The first kappa shape index (κ1) is 12.7. The van der Waals surface area contributed by atoms with Gasteiger partial charge >= 0.3 is 0 Å². The molecular weight excluding hydrogens is 209 g/mol. The Hall–Kier alpha value is -0.280. The molecule has 0 bridgehead atoms. The van der Waals surface area contributed by atoms with E-state index in [1.54, 1.807) is 13.0 Å². The number of hydrogen-bond donors (Lipinski definition) is 2. The SMILES string of the molecule is C[C@](N)(CO)c1ccccc1Cl.Cl. The molecule has 0 amide bonds. The smallest absolute Gasteiger partial charge is 0.0650 e. The lowest BCUT2D eigenvalue weighted by molar-refractivity contribution is 0.210. The van der Waals surface area contributed by atoms with Crippen molar-refractivity contribution in [2.24, 2.45) is 5.73 Å². The summed E-state index contributed by atoms with van der Waals surface area (Å²) in [7, 11) is 0. The van der Waals surface area contributed by atoms with Crippen molar-refractivity contribution in [2.45, 2.75) is 12.5 Å². The zero-order valence-electron chi connectivity index (χ0n) is 7.33. The van der Waals surface area contributed by atoms with Gasteiger partial charge < -0.3 is 10.8 Å². The Kier molecular flexibility index (Phi) is 4.71. The maximum absolute atomic E-state index is 8.99. The molecule has 0 aromatic heterocycles. The highest BCUT2D eigenvalue weighted by molar-refractivity contribution is 6.31. The van der Waals surface area contributed by atoms with Crippen LogP contribution in [0.4, 0.5) is 0 Å². The van der Waals surface area contributed by atoms with Crippen molar-refractivity contribution in [3.05, 3.63) is 34.9 Å². The average molecular weight is 222 g/mol. The Bertz CT molecular complexity index is 276. The van der Waals surface area contributed by atoms with Gasteiger partial charge in [0, 0.05) is 5.02 Å². The molecular formula is C9H13Cl2NO. The minimum Gasteiger partial charge on any atom is -0.394 e. The summed E-state index contributed by atoms with van der Waals surface area (Å²) in [5.74, 6) is 0. The Morgan fingerprint density at radius 1 is 1.46 bits per heavy atom. The molecule has 0 spiro atoms. The molecule has 2 nitrogen and oxygen atoms in total. The molecule has 0 heterocycles. The topological polar surface area (TPSA) is 46.2 Å². The van der Waals surface area contributed by atoms with Crippen LogP contribution < -0.4 is 5.73 Å². The predicted molar refractivity (Wildman–Crippen MR) is 57.3 cm³/mol. The number of rotatable bonds is 2. The predicted octanol–water partition coefficient (Wildman–Crippen LogP) is 1.93. The quantitative estimate of drug-likeness (QED) is 0.803. The Labute approximate surface area is 89.1 Å². The van der Waals surface area contributed by atoms with Crippen molar-refractivity contribution in [3.63, 3.8) is 0 Å². The van der Waals surface area contributed by atoms with E-state index in [1.807, 2.05) is 18.2 Å². The summed E-state index contributed by atoms with van der Waals surface area (Å²) in [6, 6.07) is 7.26. The van der Waals surface area contributed by atoms with Crippen LogP contribution in [0.1, 0.15) is 12.5 Å². The number of aliphatic hydroxyl groups excluding tert-OH is 1. The number of nitrogens with two attached hydrogens (primary N) is 1. The van der Waals surface area contributed by atoms with E-state index >= 15 is 0 Å². The molecule has 0 aliphatic rings. The van der Waals surface area contributed by atoms with E-state index in [0.29, 0.717) is 5.02 Å². The maximum Gasteiger partial charge on any atom is 0.0650 e. The van der Waals surface area contributed by atoms with Crippen molar-refractivity contribution in [3.8, 4) is 0 Å². The van der Waals surface area contributed by atoms with Crippen LogP contribution in [-0.4, -0.2) is 11.7 Å². The maximum atomic E-state index is 8.99. The number of hydrogen-bond acceptors (Lipinski definition) is 2. The molecule has 1 rings (SSSR count). The molecule has 0 saturated carbocycles. The van der Waals surface area contributed by atoms with E-state index in [-0.39, 0.29) is 19.0 Å². The van der Waals surface area contributed by atoms with Crippen LogP contribution in [0.5, 0.6) is 0 Å². The summed E-state index contributed by atoms with van der Waals surface area (Å²) in [6.07, 6.45) is 0. The third kappa shape index (κ3) is 2.85. The monoisotopic (exact) mass is 221 g/mol. The lowest BCUT2D eigenvalue weighted by atomic mass is 9.94. The zero-order valence-corrected chi connectivity index (χ0v) is 8.90. The zero-order chi connectivity index (χ0) is 9.19. The molecule has 3 N–H and O–H groups in total. The molecule has 0 aliphatic carbocycles. The van der Waals surface area contributed by atoms with Crippen molar-refractivity contribution in [2.75, 3.05) is 6.61 Å². The lowest BCUT2D eigenvalue weighted by Gasteiger charge is -2.23. The van der Waals surface area contributed by atoms with E-state index < -0.39 is 5.54 Å². The number of aliphatic hydroxyl groups is 1. The summed E-state index contributed by atoms with van der Waals surface area (Å²) in [6.45, 7) is 1.63. The Morgan fingerprint density at radius 3 is 2.46 bits per heavy atom. The largest absolute Gasteiger partial charge is 0.394 e. The van der Waals surface area contributed by atoms with Gasteiger partial charge in [-0.3, -0.25) is 0 Å². The number of halogens is 2. The lowest BCUT2D eigenvalue weighted by Crippen LogP contribution is -2.37. The normalized spacial score (nSPS) is 14.5. The summed E-state index contributed by atoms with van der Waals surface area (Å²) >= 11 is 5.90. The first-order chi connectivity index (χ1) is 5.58. The number of benzene rings is 1. The van der Waals surface area contributed by atoms with Gasteiger partial charge in [-0.05, 0) is 18.6 Å². The second kappa shape index (κ2) is 4.82. The van der Waals surface area contributed by atoms with Crippen LogP contribution in [0.2, 0.25) is 5.02 Å². The first-order valence-electron chi connectivity index (χ1n) is 3.72. The van der Waals surface area contributed by atoms with E-state index in [9.17, 15) is 0 Å². The third-order valence-corrected chi connectivity index (χ3v) is 2.15. The molecule has 74 valence electrons. The average Bonchev–Trinajstić information content (AvgIpc) is 2.05. The van der Waals surface area contributed by atoms with Gasteiger partial charge in [0.2, 0.25) is 0 Å². The van der Waals surface area contributed by atoms with Crippen LogP contribution in [0.3, 0.4) is 0 Å². The van der Waals surface area contributed by atoms with Gasteiger partial charge in [0.15, 0.2) is 0 Å². The summed E-state index contributed by atoms with van der Waals surface area (Å²) in [5, 5.41) is 9.58. The Balaban J connectivity index is 0.00000144. The molecule has 0 fully saturated rings. The molecule has 1 atom stereocenters. The summed E-state index contributed by atoms with van der Waals surface area (Å²) in [4.78, 5) is 0. The van der Waals surface area contributed by atoms with Crippen LogP contribution in [0.15, 0.2) is 24.3 Å². The van der Waals surface area contributed by atoms with Crippen LogP contribution in [0, 0.1) is 0 Å². The molecule has 1 aromatic rings. The van der Waals surface area contributed by atoms with Crippen molar-refractivity contribution < 1.29 is 5.11 Å². The minimum absolute atomic E-state index is 0. The van der Waals surface area contributed by atoms with Gasteiger partial charge in [0.1, 0.15) is 0 Å². The van der Waals surface area contributed by atoms with Crippen LogP contribution >= 0.6 is 24.0 Å². The van der Waals surface area contributed by atoms with Gasteiger partial charge in [-0.2, -0.15) is 0 Å². The first-order valence-corrected chi connectivity index (χ1v) is 4.10. The van der Waals surface area contributed by atoms with E-state index in [1.165, 1.54) is 0 Å². The Morgan fingerprint density at radius 2 is 2.00 bits per heavy atom. The van der Waals surface area contributed by atoms with Gasteiger partial charge in [0.05, 0.1) is 12.1 Å². The molecule has 0 saturated heterocycles. The van der Waals surface area contributed by atoms with E-state index in [4.69, 9.17) is 22.4 Å². The van der Waals surface area contributed by atoms with Gasteiger partial charge in [-0.15, -0.1) is 12.4 Å². The van der Waals surface area contributed by atoms with E-state index in [0.717, 1.165) is 5.56 Å². The molecule has 13 heavy (non-hydrogen) atoms. The highest BCUT2D eigenvalue weighted by Crippen LogP contribution is 2.24. The van der Waals surface area contributed by atoms with Gasteiger partial charge in [-0.25, -0.2) is 0 Å². The highest BCUT2D eigenvalue weighted by Gasteiger charge is 2.21. The highest BCUT2D eigenvalue weighted by atomic mass is 35.5. The fraction of sp³-hybridized carbons (Fsp3) is 0.333. The van der Waals surface area contributed by atoms with E-state index in [2.05, 4.69) is 0 Å². The van der Waals surface area contributed by atoms with Crippen LogP contribution in [-0.2, 0) is 5.54 Å². The van der Waals surface area contributed by atoms with Gasteiger partial charge in [-0.1, -0.05) is 29.8 Å². The molecule has 1 aromatic carbocycles. The minimum atomic E-state index is -0.752. The third-order valence-electron chi connectivity index (χ3n) is 1.82. The summed E-state index contributed by atoms with van der Waals surface area (Å²) < 4.78 is 0. The van der Waals surface area contributed by atoms with Gasteiger partial charge in [0.25, 0.3) is 0 Å². The van der Waals surface area contributed by atoms with Crippen LogP contribution in [0.25, 0.3) is 0 Å². The summed E-state index contributed by atoms with van der Waals surface area (Å²) in [5.41, 5.74) is 5.82. The molecule has 4 heteroatoms. The standard InChI is InChI=1S/C9H12ClNO.ClH/c1-9(11,6-12)7-4-2-3-5-8(7)10;/h2-5,12H,6,11H2,1H3;1H/t9-;/m0./s1. The second-order valence-corrected chi connectivity index (χ2v) is 3.46. The molecule has 0 radical (unpaired) electrons.